The first-order valence-electron chi connectivity index (χ1n) is 12.3. The van der Waals surface area contributed by atoms with E-state index in [1.807, 2.05) is 6.07 Å². The van der Waals surface area contributed by atoms with Gasteiger partial charge in [0.15, 0.2) is 11.5 Å². The summed E-state index contributed by atoms with van der Waals surface area (Å²) in [7, 11) is 3.37. The lowest BCUT2D eigenvalue weighted by Crippen LogP contribution is -2.56. The van der Waals surface area contributed by atoms with E-state index >= 15 is 0 Å². The first-order valence-corrected chi connectivity index (χ1v) is 13.1. The van der Waals surface area contributed by atoms with Crippen molar-refractivity contribution in [2.75, 3.05) is 60.3 Å². The molecule has 3 aliphatic carbocycles. The van der Waals surface area contributed by atoms with Gasteiger partial charge in [0.1, 0.15) is 26.2 Å². The second kappa shape index (κ2) is 10.2. The van der Waals surface area contributed by atoms with Crippen LogP contribution in [0.1, 0.15) is 45.1 Å². The summed E-state index contributed by atoms with van der Waals surface area (Å²) >= 11 is 3.75. The molecule has 4 aliphatic rings. The number of hydrogen-bond acceptors (Lipinski definition) is 4. The topological polar surface area (TPSA) is 36.9 Å². The molecule has 2 bridgehead atoms. The van der Waals surface area contributed by atoms with Crippen LogP contribution < -0.4 is 9.47 Å². The molecule has 0 spiro atoms. The largest absolute Gasteiger partial charge is 0.493 e. The summed E-state index contributed by atoms with van der Waals surface area (Å²) < 4.78 is 25.0. The van der Waals surface area contributed by atoms with Crippen molar-refractivity contribution in [2.24, 2.45) is 23.2 Å². The summed E-state index contributed by atoms with van der Waals surface area (Å²) in [5, 5.41) is 0. The van der Waals surface area contributed by atoms with Crippen molar-refractivity contribution in [3.63, 3.8) is 0 Å². The van der Waals surface area contributed by atoms with E-state index in [1.54, 1.807) is 14.2 Å². The molecule has 5 nitrogen and oxygen atoms in total. The van der Waals surface area contributed by atoms with Crippen LogP contribution in [-0.2, 0) is 16.0 Å². The summed E-state index contributed by atoms with van der Waals surface area (Å²) in [5.41, 5.74) is 1.81. The molecule has 1 aliphatic heterocycles. The van der Waals surface area contributed by atoms with E-state index in [9.17, 15) is 0 Å². The highest BCUT2D eigenvalue weighted by Crippen LogP contribution is 2.61. The van der Waals surface area contributed by atoms with E-state index in [2.05, 4.69) is 35.8 Å². The molecule has 3 saturated carbocycles. The maximum absolute atomic E-state index is 6.23. The SMILES string of the molecule is COc1cc(Br)c(C[N+]2(CCOCC[C@H]3CC[C@@H]4C[C@@H]3C4(C)C)CCOCC2)cc1OC. The Balaban J connectivity index is 1.32. The fraction of sp³-hybridized carbons (Fsp3) is 0.769. The van der Waals surface area contributed by atoms with Gasteiger partial charge in [0.05, 0.1) is 34.0 Å². The summed E-state index contributed by atoms with van der Waals surface area (Å²) in [4.78, 5) is 0. The second-order valence-corrected chi connectivity index (χ2v) is 11.5. The van der Waals surface area contributed by atoms with Crippen molar-refractivity contribution in [1.29, 1.82) is 0 Å². The highest BCUT2D eigenvalue weighted by molar-refractivity contribution is 9.10. The van der Waals surface area contributed by atoms with E-state index in [0.29, 0.717) is 5.41 Å². The Labute approximate surface area is 202 Å². The lowest BCUT2D eigenvalue weighted by Gasteiger charge is -2.60. The van der Waals surface area contributed by atoms with Gasteiger partial charge in [0.25, 0.3) is 0 Å². The van der Waals surface area contributed by atoms with E-state index in [0.717, 1.165) is 90.8 Å². The van der Waals surface area contributed by atoms with Crippen LogP contribution in [0.2, 0.25) is 0 Å². The Kier molecular flexibility index (Phi) is 7.75. The number of methoxy groups -OCH3 is 2. The third kappa shape index (κ3) is 4.98. The van der Waals surface area contributed by atoms with Gasteiger partial charge >= 0.3 is 0 Å². The molecule has 0 radical (unpaired) electrons. The van der Waals surface area contributed by atoms with Gasteiger partial charge in [0.2, 0.25) is 0 Å². The zero-order valence-corrected chi connectivity index (χ0v) is 21.9. The molecule has 0 amide bonds. The van der Waals surface area contributed by atoms with Crippen LogP contribution >= 0.6 is 15.9 Å². The predicted molar refractivity (Wildman–Crippen MR) is 130 cm³/mol. The number of quaternary nitrogens is 1. The zero-order chi connectivity index (χ0) is 22.8. The quantitative estimate of drug-likeness (QED) is 0.316. The standard InChI is InChI=1S/C26H41BrNO4/c1-26(2)21-6-5-19(22(26)16-21)7-11-31-12-8-28(9-13-32-14-10-28)18-20-15-24(29-3)25(30-4)17-23(20)27/h15,17,19,21-22H,5-14,16,18H2,1-4H3/q+1/t19-,21-,22+/m1/s1. The molecular weight excluding hydrogens is 470 g/mol. The van der Waals surface area contributed by atoms with Gasteiger partial charge in [-0.05, 0) is 61.0 Å². The van der Waals surface area contributed by atoms with Gasteiger partial charge in [0, 0.05) is 16.6 Å². The van der Waals surface area contributed by atoms with Gasteiger partial charge < -0.3 is 23.4 Å². The summed E-state index contributed by atoms with van der Waals surface area (Å²) in [6, 6.07) is 4.12. The maximum atomic E-state index is 6.23. The number of hydrogen-bond donors (Lipinski definition) is 0. The van der Waals surface area contributed by atoms with Crippen LogP contribution in [0.5, 0.6) is 11.5 Å². The molecular formula is C26H41BrNO4+. The summed E-state index contributed by atoms with van der Waals surface area (Å²) in [6.45, 7) is 12.3. The third-order valence-corrected chi connectivity index (χ3v) is 9.56. The molecule has 5 rings (SSSR count). The first kappa shape index (κ1) is 24.3. The first-order chi connectivity index (χ1) is 15.4. The molecule has 0 unspecified atom stereocenters. The molecule has 180 valence electrons. The average molecular weight is 512 g/mol. The molecule has 32 heavy (non-hydrogen) atoms. The fourth-order valence-electron chi connectivity index (χ4n) is 6.47. The molecule has 0 N–H and O–H groups in total. The van der Waals surface area contributed by atoms with Crippen LogP contribution in [0.3, 0.4) is 0 Å². The van der Waals surface area contributed by atoms with Crippen LogP contribution in [0.4, 0.5) is 0 Å². The van der Waals surface area contributed by atoms with Crippen molar-refractivity contribution in [2.45, 2.75) is 46.1 Å². The minimum Gasteiger partial charge on any atom is -0.493 e. The number of rotatable bonds is 10. The monoisotopic (exact) mass is 510 g/mol. The van der Waals surface area contributed by atoms with Gasteiger partial charge in [-0.15, -0.1) is 0 Å². The Bertz CT molecular complexity index is 775. The lowest BCUT2D eigenvalue weighted by atomic mass is 9.45. The molecule has 1 heterocycles. The van der Waals surface area contributed by atoms with Crippen molar-refractivity contribution in [1.82, 2.24) is 0 Å². The normalized spacial score (nSPS) is 28.1. The van der Waals surface area contributed by atoms with Crippen molar-refractivity contribution < 1.29 is 23.4 Å². The van der Waals surface area contributed by atoms with Crippen LogP contribution in [-0.4, -0.2) is 64.8 Å². The zero-order valence-electron chi connectivity index (χ0n) is 20.3. The van der Waals surface area contributed by atoms with Gasteiger partial charge in [-0.2, -0.15) is 0 Å². The maximum Gasteiger partial charge on any atom is 0.161 e. The summed E-state index contributed by atoms with van der Waals surface area (Å²) in [6.07, 6.45) is 5.52. The van der Waals surface area contributed by atoms with Gasteiger partial charge in [-0.25, -0.2) is 0 Å². The second-order valence-electron chi connectivity index (χ2n) is 10.7. The van der Waals surface area contributed by atoms with Gasteiger partial charge in [-0.1, -0.05) is 29.8 Å². The van der Waals surface area contributed by atoms with Crippen molar-refractivity contribution in [3.05, 3.63) is 22.2 Å². The molecule has 1 aromatic carbocycles. The van der Waals surface area contributed by atoms with E-state index in [1.165, 1.54) is 31.2 Å². The van der Waals surface area contributed by atoms with Crippen LogP contribution in [0.25, 0.3) is 0 Å². The Morgan fingerprint density at radius 1 is 1.06 bits per heavy atom. The number of nitrogens with zero attached hydrogens (tertiary/aromatic N) is 1. The molecule has 6 heteroatoms. The molecule has 1 saturated heterocycles. The minimum atomic E-state index is 0.568. The number of morpholine rings is 1. The number of ether oxygens (including phenoxy) is 4. The fourth-order valence-corrected chi connectivity index (χ4v) is 6.92. The average Bonchev–Trinajstić information content (AvgIpc) is 2.80. The number of fused-ring (bicyclic) bond motifs is 2. The Morgan fingerprint density at radius 2 is 1.78 bits per heavy atom. The van der Waals surface area contributed by atoms with Crippen molar-refractivity contribution >= 4 is 15.9 Å². The molecule has 1 aromatic rings. The Hall–Kier alpha value is -0.820. The number of halogens is 1. The van der Waals surface area contributed by atoms with Gasteiger partial charge in [-0.3, -0.25) is 0 Å². The Morgan fingerprint density at radius 3 is 2.44 bits per heavy atom. The highest BCUT2D eigenvalue weighted by atomic mass is 79.9. The molecule has 0 aromatic heterocycles. The predicted octanol–water partition coefficient (Wildman–Crippen LogP) is 5.29. The summed E-state index contributed by atoms with van der Waals surface area (Å²) in [5.74, 6) is 4.30. The number of benzene rings is 1. The van der Waals surface area contributed by atoms with Crippen molar-refractivity contribution in [3.8, 4) is 11.5 Å². The smallest absolute Gasteiger partial charge is 0.161 e. The van der Waals surface area contributed by atoms with Crippen LogP contribution in [0.15, 0.2) is 16.6 Å². The lowest BCUT2D eigenvalue weighted by molar-refractivity contribution is -0.947. The molecule has 3 atom stereocenters. The van der Waals surface area contributed by atoms with Crippen LogP contribution in [0, 0.1) is 23.2 Å². The van der Waals surface area contributed by atoms with E-state index in [4.69, 9.17) is 18.9 Å². The van der Waals surface area contributed by atoms with E-state index < -0.39 is 0 Å². The minimum absolute atomic E-state index is 0.568. The highest BCUT2D eigenvalue weighted by Gasteiger charge is 2.53. The molecule has 4 fully saturated rings. The third-order valence-electron chi connectivity index (χ3n) is 8.82. The van der Waals surface area contributed by atoms with E-state index in [-0.39, 0.29) is 0 Å².